The molecule has 1 saturated heterocycles. The first kappa shape index (κ1) is 19.8. The highest BCUT2D eigenvalue weighted by Crippen LogP contribution is 2.29. The van der Waals surface area contributed by atoms with Gasteiger partial charge in [-0.2, -0.15) is 4.98 Å². The monoisotopic (exact) mass is 435 g/mol. The van der Waals surface area contributed by atoms with Crippen LogP contribution in [0.5, 0.6) is 0 Å². The quantitative estimate of drug-likeness (QED) is 0.678. The van der Waals surface area contributed by atoms with Gasteiger partial charge < -0.3 is 10.2 Å². The zero-order valence-electron chi connectivity index (χ0n) is 15.7. The zero-order chi connectivity index (χ0) is 20.5. The van der Waals surface area contributed by atoms with Crippen LogP contribution in [0.15, 0.2) is 29.3 Å². The molecular weight excluding hydrogens is 417 g/mol. The van der Waals surface area contributed by atoms with Crippen molar-refractivity contribution in [1.29, 1.82) is 0 Å². The van der Waals surface area contributed by atoms with Crippen molar-refractivity contribution in [2.24, 2.45) is 5.92 Å². The summed E-state index contributed by atoms with van der Waals surface area (Å²) in [6.07, 6.45) is 3.58. The Morgan fingerprint density at radius 3 is 3.03 bits per heavy atom. The predicted molar refractivity (Wildman–Crippen MR) is 112 cm³/mol. The molecule has 0 bridgehead atoms. The zero-order valence-corrected chi connectivity index (χ0v) is 17.3. The van der Waals surface area contributed by atoms with Gasteiger partial charge in [0.15, 0.2) is 10.8 Å². The van der Waals surface area contributed by atoms with Gasteiger partial charge in [0.1, 0.15) is 23.4 Å². The molecule has 1 aromatic carbocycles. The summed E-state index contributed by atoms with van der Waals surface area (Å²) in [4.78, 5) is 36.0. The van der Waals surface area contributed by atoms with Gasteiger partial charge in [-0.25, -0.2) is 9.37 Å². The van der Waals surface area contributed by atoms with E-state index < -0.39 is 11.7 Å². The van der Waals surface area contributed by atoms with E-state index in [2.05, 4.69) is 27.1 Å². The Hall–Kier alpha value is -2.52. The number of rotatable bonds is 4. The molecule has 0 spiro atoms. The number of hydrogen-bond donors (Lipinski definition) is 1. The van der Waals surface area contributed by atoms with E-state index in [1.807, 2.05) is 0 Å². The van der Waals surface area contributed by atoms with E-state index in [-0.39, 0.29) is 22.8 Å². The van der Waals surface area contributed by atoms with Crippen LogP contribution in [0.2, 0.25) is 5.02 Å². The number of anilines is 2. The lowest BCUT2D eigenvalue weighted by Crippen LogP contribution is -2.34. The van der Waals surface area contributed by atoms with Crippen molar-refractivity contribution in [1.82, 2.24) is 14.5 Å². The number of piperidine rings is 1. The minimum absolute atomic E-state index is 0.000723. The number of nitrogens with one attached hydrogen (secondary N) is 1. The van der Waals surface area contributed by atoms with E-state index >= 15 is 0 Å². The van der Waals surface area contributed by atoms with Crippen LogP contribution in [0.1, 0.15) is 19.8 Å². The molecule has 152 valence electrons. The highest BCUT2D eigenvalue weighted by molar-refractivity contribution is 7.22. The van der Waals surface area contributed by atoms with Crippen molar-refractivity contribution in [3.63, 3.8) is 0 Å². The maximum atomic E-state index is 13.9. The standard InChI is InChI=1S/C19H19ClFN5O2S/c1-11-3-2-6-25(8-11)19-24-17-16(29-19)18(28)26(10-22-17)9-15(27)23-14-5-4-12(20)7-13(14)21/h4-5,7,10-11H,2-3,6,8-9H2,1H3,(H,23,27)/t11-/m0/s1. The fourth-order valence-corrected chi connectivity index (χ4v) is 4.54. The van der Waals surface area contributed by atoms with Crippen LogP contribution < -0.4 is 15.8 Å². The maximum Gasteiger partial charge on any atom is 0.273 e. The molecule has 1 N–H and O–H groups in total. The summed E-state index contributed by atoms with van der Waals surface area (Å²) in [5.41, 5.74) is 0.0462. The first-order valence-corrected chi connectivity index (χ1v) is 10.5. The van der Waals surface area contributed by atoms with Gasteiger partial charge in [0.2, 0.25) is 5.91 Å². The Morgan fingerprint density at radius 1 is 1.45 bits per heavy atom. The van der Waals surface area contributed by atoms with Crippen LogP contribution in [-0.4, -0.2) is 33.5 Å². The first-order chi connectivity index (χ1) is 13.9. The Labute approximate surface area is 175 Å². The summed E-state index contributed by atoms with van der Waals surface area (Å²) >= 11 is 7.01. The summed E-state index contributed by atoms with van der Waals surface area (Å²) in [6.45, 7) is 3.74. The SMILES string of the molecule is C[C@H]1CCCN(c2nc3ncn(CC(=O)Nc4ccc(Cl)cc4F)c(=O)c3s2)C1. The molecule has 1 aliphatic heterocycles. The molecule has 2 aromatic heterocycles. The molecule has 0 radical (unpaired) electrons. The predicted octanol–water partition coefficient (Wildman–Crippen LogP) is 3.52. The van der Waals surface area contributed by atoms with Gasteiger partial charge in [-0.15, -0.1) is 0 Å². The lowest BCUT2D eigenvalue weighted by Gasteiger charge is -2.30. The second kappa shape index (κ2) is 8.08. The van der Waals surface area contributed by atoms with E-state index in [0.717, 1.165) is 30.7 Å². The highest BCUT2D eigenvalue weighted by atomic mass is 35.5. The Morgan fingerprint density at radius 2 is 2.28 bits per heavy atom. The first-order valence-electron chi connectivity index (χ1n) is 9.26. The lowest BCUT2D eigenvalue weighted by molar-refractivity contribution is -0.116. The second-order valence-corrected chi connectivity index (χ2v) is 8.61. The number of amides is 1. The van der Waals surface area contributed by atoms with Gasteiger partial charge in [-0.05, 0) is 37.0 Å². The number of halogens is 2. The van der Waals surface area contributed by atoms with Gasteiger partial charge in [0.05, 0.1) is 5.69 Å². The highest BCUT2D eigenvalue weighted by Gasteiger charge is 2.21. The summed E-state index contributed by atoms with van der Waals surface area (Å²) < 4.78 is 15.5. The van der Waals surface area contributed by atoms with Crippen LogP contribution in [0.25, 0.3) is 10.3 Å². The van der Waals surface area contributed by atoms with Gasteiger partial charge in [0, 0.05) is 18.1 Å². The van der Waals surface area contributed by atoms with Crippen LogP contribution in [0, 0.1) is 11.7 Å². The van der Waals surface area contributed by atoms with E-state index in [1.54, 1.807) is 0 Å². The Balaban J connectivity index is 1.54. The molecule has 4 rings (SSSR count). The van der Waals surface area contributed by atoms with Crippen molar-refractivity contribution >= 4 is 50.0 Å². The molecular formula is C19H19ClFN5O2S. The number of nitrogens with zero attached hydrogens (tertiary/aromatic N) is 4. The lowest BCUT2D eigenvalue weighted by atomic mass is 10.0. The Bertz CT molecular complexity index is 1130. The molecule has 10 heteroatoms. The van der Waals surface area contributed by atoms with Crippen LogP contribution in [0.4, 0.5) is 15.2 Å². The number of aromatic nitrogens is 3. The molecule has 1 amide bonds. The maximum absolute atomic E-state index is 13.9. The minimum Gasteiger partial charge on any atom is -0.348 e. The summed E-state index contributed by atoms with van der Waals surface area (Å²) in [5, 5.41) is 3.45. The molecule has 7 nitrogen and oxygen atoms in total. The number of hydrogen-bond acceptors (Lipinski definition) is 6. The smallest absolute Gasteiger partial charge is 0.273 e. The molecule has 1 aliphatic rings. The third-order valence-electron chi connectivity index (χ3n) is 4.82. The average Bonchev–Trinajstić information content (AvgIpc) is 3.12. The van der Waals surface area contributed by atoms with E-state index in [9.17, 15) is 14.0 Å². The van der Waals surface area contributed by atoms with Crippen molar-refractivity contribution in [2.75, 3.05) is 23.3 Å². The molecule has 3 heterocycles. The van der Waals surface area contributed by atoms with E-state index in [1.165, 1.54) is 40.8 Å². The Kier molecular flexibility index (Phi) is 5.51. The summed E-state index contributed by atoms with van der Waals surface area (Å²) in [7, 11) is 0. The fourth-order valence-electron chi connectivity index (χ4n) is 3.38. The van der Waals surface area contributed by atoms with Crippen molar-refractivity contribution in [3.8, 4) is 0 Å². The molecule has 0 aliphatic carbocycles. The summed E-state index contributed by atoms with van der Waals surface area (Å²) in [5.74, 6) is -0.601. The number of thiazole rings is 1. The van der Waals surface area contributed by atoms with Gasteiger partial charge in [-0.3, -0.25) is 14.2 Å². The van der Waals surface area contributed by atoms with Crippen molar-refractivity contribution < 1.29 is 9.18 Å². The number of carbonyl (C=O) groups excluding carboxylic acids is 1. The topological polar surface area (TPSA) is 80.1 Å². The summed E-state index contributed by atoms with van der Waals surface area (Å²) in [6, 6.07) is 3.95. The number of fused-ring (bicyclic) bond motifs is 1. The van der Waals surface area contributed by atoms with Crippen LogP contribution in [-0.2, 0) is 11.3 Å². The second-order valence-electron chi connectivity index (χ2n) is 7.19. The average molecular weight is 436 g/mol. The molecule has 0 unspecified atom stereocenters. The van der Waals surface area contributed by atoms with Crippen molar-refractivity contribution in [2.45, 2.75) is 26.3 Å². The molecule has 1 atom stereocenters. The third kappa shape index (κ3) is 4.25. The third-order valence-corrected chi connectivity index (χ3v) is 6.15. The largest absolute Gasteiger partial charge is 0.348 e. The fraction of sp³-hybridized carbons (Fsp3) is 0.368. The molecule has 3 aromatic rings. The van der Waals surface area contributed by atoms with Crippen LogP contribution >= 0.6 is 22.9 Å². The van der Waals surface area contributed by atoms with Crippen molar-refractivity contribution in [3.05, 3.63) is 45.7 Å². The van der Waals surface area contributed by atoms with E-state index in [0.29, 0.717) is 16.3 Å². The molecule has 29 heavy (non-hydrogen) atoms. The van der Waals surface area contributed by atoms with E-state index in [4.69, 9.17) is 11.6 Å². The van der Waals surface area contributed by atoms with Gasteiger partial charge in [0.25, 0.3) is 5.56 Å². The molecule has 1 fully saturated rings. The van der Waals surface area contributed by atoms with Crippen LogP contribution in [0.3, 0.4) is 0 Å². The molecule has 0 saturated carbocycles. The normalized spacial score (nSPS) is 16.9. The number of benzene rings is 1. The number of carbonyl (C=O) groups is 1. The minimum atomic E-state index is -0.644. The van der Waals surface area contributed by atoms with Gasteiger partial charge >= 0.3 is 0 Å². The van der Waals surface area contributed by atoms with Gasteiger partial charge in [-0.1, -0.05) is 29.9 Å².